The third-order valence-electron chi connectivity index (χ3n) is 4.99. The number of carbonyl (C=O) groups is 1. The van der Waals surface area contributed by atoms with Crippen LogP contribution < -0.4 is 9.47 Å². The molecule has 0 radical (unpaired) electrons. The van der Waals surface area contributed by atoms with Crippen molar-refractivity contribution in [2.24, 2.45) is 0 Å². The SMILES string of the molecule is COc1ccc(C(=O)Oc2ccc([N+](=O)[O-])cc2)cc1S(=O)(=O)N1CCCCC1C. The fourth-order valence-electron chi connectivity index (χ4n) is 3.36. The Morgan fingerprint density at radius 2 is 1.87 bits per heavy atom. The first-order chi connectivity index (χ1) is 14.2. The molecule has 0 aliphatic carbocycles. The Balaban J connectivity index is 1.90. The highest BCUT2D eigenvalue weighted by atomic mass is 32.2. The molecule has 1 fully saturated rings. The van der Waals surface area contributed by atoms with Crippen molar-refractivity contribution in [3.63, 3.8) is 0 Å². The van der Waals surface area contributed by atoms with Crippen LogP contribution in [0.2, 0.25) is 0 Å². The average molecular weight is 434 g/mol. The molecule has 160 valence electrons. The number of nitro benzene ring substituents is 1. The topological polar surface area (TPSA) is 116 Å². The second-order valence-corrected chi connectivity index (χ2v) is 8.83. The molecule has 1 aliphatic rings. The number of sulfonamides is 1. The highest BCUT2D eigenvalue weighted by Gasteiger charge is 2.33. The Labute approximate surface area is 174 Å². The largest absolute Gasteiger partial charge is 0.495 e. The van der Waals surface area contributed by atoms with Crippen LogP contribution in [0, 0.1) is 10.1 Å². The molecular weight excluding hydrogens is 412 g/mol. The van der Waals surface area contributed by atoms with E-state index in [0.717, 1.165) is 19.3 Å². The van der Waals surface area contributed by atoms with Gasteiger partial charge in [-0.3, -0.25) is 10.1 Å². The molecule has 9 nitrogen and oxygen atoms in total. The standard InChI is InChI=1S/C20H22N2O7S/c1-14-5-3-4-12-21(14)30(26,27)19-13-15(6-11-18(19)28-2)20(23)29-17-9-7-16(8-10-17)22(24)25/h6-11,13-14H,3-5,12H2,1-2H3. The first kappa shape index (κ1) is 21.7. The maximum absolute atomic E-state index is 13.2. The summed E-state index contributed by atoms with van der Waals surface area (Å²) in [5.74, 6) is -0.537. The second kappa shape index (κ2) is 8.80. The number of hydrogen-bond acceptors (Lipinski definition) is 7. The number of non-ortho nitro benzene ring substituents is 1. The van der Waals surface area contributed by atoms with Crippen LogP contribution in [0.4, 0.5) is 5.69 Å². The van der Waals surface area contributed by atoms with E-state index in [2.05, 4.69) is 0 Å². The first-order valence-corrected chi connectivity index (χ1v) is 10.8. The smallest absolute Gasteiger partial charge is 0.343 e. The monoisotopic (exact) mass is 434 g/mol. The zero-order chi connectivity index (χ0) is 21.9. The number of benzene rings is 2. The highest BCUT2D eigenvalue weighted by molar-refractivity contribution is 7.89. The van der Waals surface area contributed by atoms with Crippen LogP contribution in [0.15, 0.2) is 47.4 Å². The van der Waals surface area contributed by atoms with Gasteiger partial charge < -0.3 is 9.47 Å². The van der Waals surface area contributed by atoms with Crippen molar-refractivity contribution in [1.29, 1.82) is 0 Å². The Morgan fingerprint density at radius 1 is 1.17 bits per heavy atom. The van der Waals surface area contributed by atoms with Gasteiger partial charge in [0.2, 0.25) is 10.0 Å². The molecule has 0 aromatic heterocycles. The van der Waals surface area contributed by atoms with E-state index in [1.54, 1.807) is 0 Å². The Bertz CT molecular complexity index is 1050. The number of hydrogen-bond donors (Lipinski definition) is 0. The molecular formula is C20H22N2O7S. The minimum atomic E-state index is -3.87. The van der Waals surface area contributed by atoms with E-state index in [0.29, 0.717) is 6.54 Å². The second-order valence-electron chi connectivity index (χ2n) is 6.97. The van der Waals surface area contributed by atoms with Gasteiger partial charge in [-0.1, -0.05) is 6.42 Å². The van der Waals surface area contributed by atoms with Gasteiger partial charge in [-0.05, 0) is 50.1 Å². The Hall–Kier alpha value is -2.98. The summed E-state index contributed by atoms with van der Waals surface area (Å²) in [5.41, 5.74) is -0.110. The maximum Gasteiger partial charge on any atom is 0.343 e. The van der Waals surface area contributed by atoms with Gasteiger partial charge in [0.25, 0.3) is 5.69 Å². The molecule has 0 saturated carbocycles. The number of nitrogens with zero attached hydrogens (tertiary/aromatic N) is 2. The summed E-state index contributed by atoms with van der Waals surface area (Å²) in [5, 5.41) is 10.7. The number of rotatable bonds is 6. The molecule has 1 aliphatic heterocycles. The van der Waals surface area contributed by atoms with Crippen molar-refractivity contribution in [3.8, 4) is 11.5 Å². The van der Waals surface area contributed by atoms with E-state index in [1.165, 1.54) is 53.9 Å². The molecule has 1 atom stereocenters. The van der Waals surface area contributed by atoms with E-state index < -0.39 is 20.9 Å². The lowest BCUT2D eigenvalue weighted by molar-refractivity contribution is -0.384. The summed E-state index contributed by atoms with van der Waals surface area (Å²) in [6.45, 7) is 2.26. The molecule has 2 aromatic carbocycles. The highest BCUT2D eigenvalue weighted by Crippen LogP contribution is 2.32. The van der Waals surface area contributed by atoms with Crippen molar-refractivity contribution in [1.82, 2.24) is 4.31 Å². The van der Waals surface area contributed by atoms with E-state index >= 15 is 0 Å². The van der Waals surface area contributed by atoms with Gasteiger partial charge in [-0.25, -0.2) is 13.2 Å². The molecule has 2 aromatic rings. The lowest BCUT2D eigenvalue weighted by Gasteiger charge is -2.32. The summed E-state index contributed by atoms with van der Waals surface area (Å²) >= 11 is 0. The summed E-state index contributed by atoms with van der Waals surface area (Å²) in [6.07, 6.45) is 2.50. The Kier molecular flexibility index (Phi) is 6.37. The van der Waals surface area contributed by atoms with Crippen molar-refractivity contribution in [2.45, 2.75) is 37.1 Å². The number of ether oxygens (including phenoxy) is 2. The van der Waals surface area contributed by atoms with Crippen molar-refractivity contribution < 1.29 is 27.6 Å². The molecule has 0 bridgehead atoms. The number of esters is 1. The predicted molar refractivity (Wildman–Crippen MR) is 108 cm³/mol. The fraction of sp³-hybridized carbons (Fsp3) is 0.350. The normalized spacial score (nSPS) is 17.3. The third kappa shape index (κ3) is 4.44. The molecule has 0 amide bonds. The Morgan fingerprint density at radius 3 is 2.47 bits per heavy atom. The summed E-state index contributed by atoms with van der Waals surface area (Å²) in [4.78, 5) is 22.6. The van der Waals surface area contributed by atoms with Gasteiger partial charge in [-0.15, -0.1) is 0 Å². The lowest BCUT2D eigenvalue weighted by Crippen LogP contribution is -2.42. The van der Waals surface area contributed by atoms with Gasteiger partial charge in [-0.2, -0.15) is 4.31 Å². The third-order valence-corrected chi connectivity index (χ3v) is 7.02. The van der Waals surface area contributed by atoms with Crippen LogP contribution in [-0.2, 0) is 10.0 Å². The molecule has 0 spiro atoms. The first-order valence-electron chi connectivity index (χ1n) is 9.40. The van der Waals surface area contributed by atoms with Crippen LogP contribution in [0.1, 0.15) is 36.5 Å². The quantitative estimate of drug-likeness (QED) is 0.296. The van der Waals surface area contributed by atoms with Crippen LogP contribution in [0.5, 0.6) is 11.5 Å². The van der Waals surface area contributed by atoms with Gasteiger partial charge in [0.05, 0.1) is 17.6 Å². The summed E-state index contributed by atoms with van der Waals surface area (Å²) < 4.78 is 38.4. The van der Waals surface area contributed by atoms with Crippen molar-refractivity contribution >= 4 is 21.7 Å². The molecule has 30 heavy (non-hydrogen) atoms. The minimum Gasteiger partial charge on any atom is -0.495 e. The van der Waals surface area contributed by atoms with E-state index in [9.17, 15) is 23.3 Å². The molecule has 1 heterocycles. The number of piperidine rings is 1. The zero-order valence-corrected chi connectivity index (χ0v) is 17.4. The van der Waals surface area contributed by atoms with Gasteiger partial charge in [0, 0.05) is 24.7 Å². The summed E-state index contributed by atoms with van der Waals surface area (Å²) in [7, 11) is -2.51. The number of carbonyl (C=O) groups excluding carboxylic acids is 1. The number of methoxy groups -OCH3 is 1. The summed E-state index contributed by atoms with van der Waals surface area (Å²) in [6, 6.07) is 8.93. The molecule has 1 unspecified atom stereocenters. The van der Waals surface area contributed by atoms with E-state index in [4.69, 9.17) is 9.47 Å². The van der Waals surface area contributed by atoms with Gasteiger partial charge in [0.15, 0.2) is 0 Å². The van der Waals surface area contributed by atoms with Crippen LogP contribution in [0.25, 0.3) is 0 Å². The fourth-order valence-corrected chi connectivity index (χ4v) is 5.25. The molecule has 1 saturated heterocycles. The lowest BCUT2D eigenvalue weighted by atomic mass is 10.1. The van der Waals surface area contributed by atoms with Crippen LogP contribution in [0.3, 0.4) is 0 Å². The average Bonchev–Trinajstić information content (AvgIpc) is 2.73. The van der Waals surface area contributed by atoms with Crippen molar-refractivity contribution in [2.75, 3.05) is 13.7 Å². The van der Waals surface area contributed by atoms with Gasteiger partial charge in [0.1, 0.15) is 16.4 Å². The molecule has 3 rings (SSSR count). The van der Waals surface area contributed by atoms with Gasteiger partial charge >= 0.3 is 5.97 Å². The maximum atomic E-state index is 13.2. The van der Waals surface area contributed by atoms with Crippen molar-refractivity contribution in [3.05, 3.63) is 58.1 Å². The molecule has 0 N–H and O–H groups in total. The zero-order valence-electron chi connectivity index (χ0n) is 16.6. The number of nitro groups is 1. The van der Waals surface area contributed by atoms with E-state index in [1.807, 2.05) is 6.92 Å². The van der Waals surface area contributed by atoms with Crippen LogP contribution in [-0.4, -0.2) is 43.3 Å². The molecule has 10 heteroatoms. The van der Waals surface area contributed by atoms with Crippen LogP contribution >= 0.6 is 0 Å². The predicted octanol–water partition coefficient (Wildman–Crippen LogP) is 3.39. The van der Waals surface area contributed by atoms with E-state index in [-0.39, 0.29) is 33.7 Å². The minimum absolute atomic E-state index is 0.0254.